The fourth-order valence-electron chi connectivity index (χ4n) is 1.25. The second-order valence-corrected chi connectivity index (χ2v) is 4.75. The highest BCUT2D eigenvalue weighted by Crippen LogP contribution is 2.23. The maximum atomic E-state index is 5.57. The average Bonchev–Trinajstić information content (AvgIpc) is 2.18. The summed E-state index contributed by atoms with van der Waals surface area (Å²) < 4.78 is 5.09. The standard InChI is InChI=1S/C11H17NOS/c1-9(8-13-2)14-11-5-3-4-10(6-11)7-12/h3-6,9H,7-8,12H2,1-2H3. The van der Waals surface area contributed by atoms with Crippen LogP contribution in [-0.2, 0) is 11.3 Å². The highest BCUT2D eigenvalue weighted by Gasteiger charge is 2.03. The van der Waals surface area contributed by atoms with Crippen LogP contribution in [0.2, 0.25) is 0 Å². The highest BCUT2D eigenvalue weighted by molar-refractivity contribution is 8.00. The molecule has 1 aromatic rings. The van der Waals surface area contributed by atoms with Gasteiger partial charge in [0.2, 0.25) is 0 Å². The molecule has 0 fully saturated rings. The normalized spacial score (nSPS) is 12.8. The quantitative estimate of drug-likeness (QED) is 0.759. The van der Waals surface area contributed by atoms with Crippen LogP contribution in [0.1, 0.15) is 12.5 Å². The summed E-state index contributed by atoms with van der Waals surface area (Å²) in [6.45, 7) is 3.54. The molecule has 2 nitrogen and oxygen atoms in total. The summed E-state index contributed by atoms with van der Waals surface area (Å²) >= 11 is 1.82. The van der Waals surface area contributed by atoms with E-state index in [2.05, 4.69) is 19.1 Å². The highest BCUT2D eigenvalue weighted by atomic mass is 32.2. The number of rotatable bonds is 5. The Bertz CT molecular complexity index is 278. The van der Waals surface area contributed by atoms with Crippen LogP contribution in [0.5, 0.6) is 0 Å². The first-order valence-electron chi connectivity index (χ1n) is 4.71. The van der Waals surface area contributed by atoms with Crippen molar-refractivity contribution >= 4 is 11.8 Å². The van der Waals surface area contributed by atoms with Crippen LogP contribution in [0, 0.1) is 0 Å². The van der Waals surface area contributed by atoms with Crippen LogP contribution in [0.15, 0.2) is 29.2 Å². The largest absolute Gasteiger partial charge is 0.384 e. The zero-order valence-corrected chi connectivity index (χ0v) is 9.51. The molecular formula is C11H17NOS. The van der Waals surface area contributed by atoms with Crippen LogP contribution < -0.4 is 5.73 Å². The summed E-state index contributed by atoms with van der Waals surface area (Å²) in [5.74, 6) is 0. The van der Waals surface area contributed by atoms with Crippen molar-refractivity contribution in [2.24, 2.45) is 5.73 Å². The first-order chi connectivity index (χ1) is 6.76. The Morgan fingerprint density at radius 1 is 1.50 bits per heavy atom. The molecule has 0 radical (unpaired) electrons. The molecule has 0 bridgehead atoms. The van der Waals surface area contributed by atoms with Crippen molar-refractivity contribution in [1.29, 1.82) is 0 Å². The molecule has 1 atom stereocenters. The van der Waals surface area contributed by atoms with E-state index < -0.39 is 0 Å². The summed E-state index contributed by atoms with van der Waals surface area (Å²) in [5, 5.41) is 0.480. The van der Waals surface area contributed by atoms with Crippen molar-refractivity contribution in [2.75, 3.05) is 13.7 Å². The maximum Gasteiger partial charge on any atom is 0.0582 e. The van der Waals surface area contributed by atoms with Gasteiger partial charge in [0.1, 0.15) is 0 Å². The van der Waals surface area contributed by atoms with Crippen molar-refractivity contribution in [2.45, 2.75) is 23.6 Å². The fourth-order valence-corrected chi connectivity index (χ4v) is 2.29. The van der Waals surface area contributed by atoms with Gasteiger partial charge in [-0.05, 0) is 17.7 Å². The second-order valence-electron chi connectivity index (χ2n) is 3.24. The molecule has 0 spiro atoms. The first kappa shape index (κ1) is 11.6. The van der Waals surface area contributed by atoms with Crippen molar-refractivity contribution in [1.82, 2.24) is 0 Å². The minimum Gasteiger partial charge on any atom is -0.384 e. The van der Waals surface area contributed by atoms with E-state index in [4.69, 9.17) is 10.5 Å². The van der Waals surface area contributed by atoms with Gasteiger partial charge in [0.05, 0.1) is 6.61 Å². The lowest BCUT2D eigenvalue weighted by molar-refractivity contribution is 0.203. The predicted octanol–water partition coefficient (Wildman–Crippen LogP) is 2.27. The fraction of sp³-hybridized carbons (Fsp3) is 0.455. The summed E-state index contributed by atoms with van der Waals surface area (Å²) in [6.07, 6.45) is 0. The van der Waals surface area contributed by atoms with Crippen LogP contribution in [0.4, 0.5) is 0 Å². The van der Waals surface area contributed by atoms with E-state index in [0.717, 1.165) is 6.61 Å². The number of ether oxygens (including phenoxy) is 1. The topological polar surface area (TPSA) is 35.2 Å². The Kier molecular flexibility index (Phi) is 5.01. The summed E-state index contributed by atoms with van der Waals surface area (Å²) in [6, 6.07) is 8.34. The number of hydrogen-bond acceptors (Lipinski definition) is 3. The molecule has 78 valence electrons. The van der Waals surface area contributed by atoms with Gasteiger partial charge in [-0.25, -0.2) is 0 Å². The number of nitrogens with two attached hydrogens (primary N) is 1. The van der Waals surface area contributed by atoms with E-state index in [-0.39, 0.29) is 0 Å². The van der Waals surface area contributed by atoms with Gasteiger partial charge in [0, 0.05) is 23.8 Å². The van der Waals surface area contributed by atoms with Gasteiger partial charge in [-0.1, -0.05) is 19.1 Å². The predicted molar refractivity (Wildman–Crippen MR) is 61.5 cm³/mol. The average molecular weight is 211 g/mol. The summed E-state index contributed by atoms with van der Waals surface area (Å²) in [7, 11) is 1.73. The Morgan fingerprint density at radius 2 is 2.29 bits per heavy atom. The lowest BCUT2D eigenvalue weighted by atomic mass is 10.2. The molecule has 0 aliphatic rings. The Hall–Kier alpha value is -0.510. The zero-order chi connectivity index (χ0) is 10.4. The monoisotopic (exact) mass is 211 g/mol. The van der Waals surface area contributed by atoms with Gasteiger partial charge in [0.15, 0.2) is 0 Å². The number of thioether (sulfide) groups is 1. The SMILES string of the molecule is COCC(C)Sc1cccc(CN)c1. The number of methoxy groups -OCH3 is 1. The molecule has 0 saturated carbocycles. The number of benzene rings is 1. The molecule has 1 rings (SSSR count). The molecule has 0 aliphatic carbocycles. The van der Waals surface area contributed by atoms with E-state index in [1.165, 1.54) is 10.5 Å². The third-order valence-corrected chi connectivity index (χ3v) is 2.94. The molecule has 3 heteroatoms. The lowest BCUT2D eigenvalue weighted by Crippen LogP contribution is -2.05. The van der Waals surface area contributed by atoms with Crippen molar-refractivity contribution in [3.63, 3.8) is 0 Å². The first-order valence-corrected chi connectivity index (χ1v) is 5.59. The maximum absolute atomic E-state index is 5.57. The van der Waals surface area contributed by atoms with Crippen LogP contribution in [0.3, 0.4) is 0 Å². The lowest BCUT2D eigenvalue weighted by Gasteiger charge is -2.10. The molecule has 14 heavy (non-hydrogen) atoms. The van der Waals surface area contributed by atoms with Crippen LogP contribution in [-0.4, -0.2) is 19.0 Å². The molecule has 0 amide bonds. The summed E-state index contributed by atoms with van der Waals surface area (Å²) in [5.41, 5.74) is 6.75. The summed E-state index contributed by atoms with van der Waals surface area (Å²) in [4.78, 5) is 1.26. The van der Waals surface area contributed by atoms with Crippen LogP contribution >= 0.6 is 11.8 Å². The molecule has 1 aromatic carbocycles. The van der Waals surface area contributed by atoms with E-state index in [1.807, 2.05) is 23.9 Å². The van der Waals surface area contributed by atoms with Crippen molar-refractivity contribution in [3.8, 4) is 0 Å². The molecular weight excluding hydrogens is 194 g/mol. The minimum absolute atomic E-state index is 0.480. The Labute approximate surface area is 89.8 Å². The molecule has 0 aliphatic heterocycles. The van der Waals surface area contributed by atoms with Gasteiger partial charge in [-0.15, -0.1) is 11.8 Å². The molecule has 2 N–H and O–H groups in total. The van der Waals surface area contributed by atoms with Gasteiger partial charge in [0.25, 0.3) is 0 Å². The third kappa shape index (κ3) is 3.70. The van der Waals surface area contributed by atoms with Crippen molar-refractivity contribution in [3.05, 3.63) is 29.8 Å². The van der Waals surface area contributed by atoms with Gasteiger partial charge in [-0.3, -0.25) is 0 Å². The smallest absolute Gasteiger partial charge is 0.0582 e. The molecule has 1 unspecified atom stereocenters. The van der Waals surface area contributed by atoms with E-state index in [0.29, 0.717) is 11.8 Å². The van der Waals surface area contributed by atoms with Crippen molar-refractivity contribution < 1.29 is 4.74 Å². The molecule has 0 heterocycles. The van der Waals surface area contributed by atoms with E-state index in [1.54, 1.807) is 7.11 Å². The third-order valence-electron chi connectivity index (χ3n) is 1.87. The Balaban J connectivity index is 2.57. The van der Waals surface area contributed by atoms with E-state index >= 15 is 0 Å². The van der Waals surface area contributed by atoms with Crippen LogP contribution in [0.25, 0.3) is 0 Å². The van der Waals surface area contributed by atoms with Gasteiger partial charge < -0.3 is 10.5 Å². The second kappa shape index (κ2) is 6.06. The molecule has 0 aromatic heterocycles. The Morgan fingerprint density at radius 3 is 2.93 bits per heavy atom. The number of hydrogen-bond donors (Lipinski definition) is 1. The van der Waals surface area contributed by atoms with E-state index in [9.17, 15) is 0 Å². The van der Waals surface area contributed by atoms with Gasteiger partial charge >= 0.3 is 0 Å². The minimum atomic E-state index is 0.480. The molecule has 0 saturated heterocycles. The van der Waals surface area contributed by atoms with Gasteiger partial charge in [-0.2, -0.15) is 0 Å². The zero-order valence-electron chi connectivity index (χ0n) is 8.69.